The van der Waals surface area contributed by atoms with E-state index < -0.39 is 39.7 Å². The Labute approximate surface area is 226 Å². The number of halogens is 7. The van der Waals surface area contributed by atoms with Gasteiger partial charge >= 0.3 is 4.84 Å². The minimum absolute atomic E-state index is 0.0460. The highest BCUT2D eigenvalue weighted by Crippen LogP contribution is 2.42. The molecule has 0 saturated carbocycles. The summed E-state index contributed by atoms with van der Waals surface area (Å²) in [7, 11) is 0. The maximum Gasteiger partial charge on any atom is 0.462 e. The van der Waals surface area contributed by atoms with Crippen LogP contribution in [0.25, 0.3) is 21.5 Å². The number of amidine groups is 2. The molecular weight excluding hydrogens is 636 g/mol. The van der Waals surface area contributed by atoms with E-state index >= 15 is 0 Å². The highest BCUT2D eigenvalue weighted by atomic mass is 127. The molecule has 0 unspecified atom stereocenters. The first-order chi connectivity index (χ1) is 18.7. The van der Waals surface area contributed by atoms with Crippen molar-refractivity contribution in [2.45, 2.75) is 0 Å². The molecule has 3 aliphatic heterocycles. The van der Waals surface area contributed by atoms with Crippen LogP contribution in [0.2, 0.25) is 0 Å². The van der Waals surface area contributed by atoms with Crippen molar-refractivity contribution in [1.29, 1.82) is 0 Å². The number of hydrogen-bond acceptors (Lipinski definition) is 4. The lowest BCUT2D eigenvalue weighted by Crippen LogP contribution is -2.44. The van der Waals surface area contributed by atoms with Crippen molar-refractivity contribution in [2.75, 3.05) is 0 Å². The van der Waals surface area contributed by atoms with Crippen LogP contribution < -0.4 is 10.8 Å². The van der Waals surface area contributed by atoms with Gasteiger partial charge in [-0.3, -0.25) is 0 Å². The molecule has 3 aliphatic rings. The van der Waals surface area contributed by atoms with Crippen LogP contribution in [0, 0.1) is 34.9 Å². The molecule has 0 fully saturated rings. The van der Waals surface area contributed by atoms with Crippen molar-refractivity contribution in [2.24, 2.45) is 20.0 Å². The summed E-state index contributed by atoms with van der Waals surface area (Å²) in [6.45, 7) is 0. The molecule has 0 N–H and O–H groups in total. The lowest BCUT2D eigenvalue weighted by atomic mass is 10.1. The molecule has 0 spiro atoms. The summed E-state index contributed by atoms with van der Waals surface area (Å²) in [6, 6.07) is 5.74. The zero-order valence-corrected chi connectivity index (χ0v) is 21.0. The fourth-order valence-corrected chi connectivity index (χ4v) is 6.24. The SMILES string of the molecule is Fc1cc2c(cc1F)C1=Nc3c4cc(F)c(F)cc4c4n3B(I)n3c(c5cc(F)c(F)cc5c3=N4)=C=NC2=N1. The van der Waals surface area contributed by atoms with Crippen LogP contribution in [0.15, 0.2) is 56.4 Å². The van der Waals surface area contributed by atoms with E-state index in [1.165, 1.54) is 0 Å². The van der Waals surface area contributed by atoms with E-state index in [1.54, 1.807) is 8.96 Å². The van der Waals surface area contributed by atoms with E-state index in [0.29, 0.717) is 0 Å². The Balaban J connectivity index is 1.65. The Morgan fingerprint density at radius 1 is 0.590 bits per heavy atom. The third kappa shape index (κ3) is 2.89. The fraction of sp³-hybridized carbons (Fsp3) is 0. The third-order valence-electron chi connectivity index (χ3n) is 6.90. The first kappa shape index (κ1) is 22.8. The summed E-state index contributed by atoms with van der Waals surface area (Å²) in [5, 5.41) is 1.00. The highest BCUT2D eigenvalue weighted by Gasteiger charge is 2.35. The normalized spacial score (nSPS) is 14.7. The van der Waals surface area contributed by atoms with Gasteiger partial charge in [-0.2, -0.15) is 4.99 Å². The molecule has 0 atom stereocenters. The molecule has 4 bridgehead atoms. The number of nitrogens with zero attached hydrogens (tertiary/aromatic N) is 6. The molecule has 2 aromatic heterocycles. The first-order valence-electron chi connectivity index (χ1n) is 11.3. The summed E-state index contributed by atoms with van der Waals surface area (Å²) < 4.78 is 89.4. The van der Waals surface area contributed by atoms with E-state index in [9.17, 15) is 26.3 Å². The van der Waals surface area contributed by atoms with Gasteiger partial charge in [0.15, 0.2) is 46.6 Å². The van der Waals surface area contributed by atoms with Gasteiger partial charge in [-0.25, -0.2) is 41.3 Å². The summed E-state index contributed by atoms with van der Waals surface area (Å²) in [6.07, 6.45) is 0. The number of rotatable bonds is 0. The van der Waals surface area contributed by atoms with Crippen LogP contribution >= 0.6 is 22.4 Å². The van der Waals surface area contributed by atoms with Crippen molar-refractivity contribution >= 4 is 77.9 Å². The average Bonchev–Trinajstić information content (AvgIpc) is 3.48. The molecule has 6 nitrogen and oxygen atoms in total. The Bertz CT molecular complexity index is 2260. The molecule has 39 heavy (non-hydrogen) atoms. The van der Waals surface area contributed by atoms with E-state index in [1.807, 2.05) is 22.4 Å². The van der Waals surface area contributed by atoms with Crippen molar-refractivity contribution < 1.29 is 26.3 Å². The van der Waals surface area contributed by atoms with Crippen LogP contribution in [0.5, 0.6) is 0 Å². The molecule has 14 heteroatoms. The standard InChI is InChI=1S/C25H6BF6IN6/c27-14-1-8-11(4-17(14)30)24-37-25-13-6-19(32)18(31)5-12(13)23-36-22-10-3-16(29)15(28)2-9(10)21(35-22)34-7-20(8)38(24)26(33)39(23)25/h1-6H. The van der Waals surface area contributed by atoms with Gasteiger partial charge in [-0.1, -0.05) is 22.4 Å². The number of hydrogen-bond donors (Lipinski definition) is 0. The molecular formula is C25H6BF6IN6. The molecule has 188 valence electrons. The van der Waals surface area contributed by atoms with E-state index in [2.05, 4.69) is 25.8 Å². The minimum Gasteiger partial charge on any atom is -0.332 e. The van der Waals surface area contributed by atoms with Gasteiger partial charge < -0.3 is 8.96 Å². The number of benzene rings is 3. The van der Waals surface area contributed by atoms with Gasteiger partial charge in [-0.15, -0.1) is 0 Å². The topological polar surface area (TPSA) is 59.3 Å². The number of aromatic nitrogens is 2. The zero-order valence-electron chi connectivity index (χ0n) is 18.9. The van der Waals surface area contributed by atoms with Gasteiger partial charge in [0.05, 0.1) is 0 Å². The largest absolute Gasteiger partial charge is 0.462 e. The van der Waals surface area contributed by atoms with Crippen LogP contribution in [-0.4, -0.2) is 31.3 Å². The number of fused-ring (bicyclic) bond motifs is 10. The van der Waals surface area contributed by atoms with E-state index in [0.717, 1.165) is 36.4 Å². The predicted molar refractivity (Wildman–Crippen MR) is 140 cm³/mol. The van der Waals surface area contributed by atoms with Gasteiger partial charge in [0.25, 0.3) is 0 Å². The minimum atomic E-state index is -1.14. The second-order valence-electron chi connectivity index (χ2n) is 9.01. The number of aliphatic imine (C=N–C) groups is 3. The second kappa shape index (κ2) is 7.48. The quantitative estimate of drug-likeness (QED) is 0.134. The predicted octanol–water partition coefficient (Wildman–Crippen LogP) is 4.71. The fourth-order valence-electron chi connectivity index (χ4n) is 5.17. The van der Waals surface area contributed by atoms with Crippen molar-refractivity contribution in [3.8, 4) is 0 Å². The Morgan fingerprint density at radius 3 is 1.74 bits per heavy atom. The summed E-state index contributed by atoms with van der Waals surface area (Å²) in [5.41, 5.74) is 0.443. The van der Waals surface area contributed by atoms with Crippen LogP contribution in [0.1, 0.15) is 11.1 Å². The lowest BCUT2D eigenvalue weighted by Gasteiger charge is -2.18. The smallest absolute Gasteiger partial charge is 0.332 e. The molecule has 0 aliphatic carbocycles. The van der Waals surface area contributed by atoms with E-state index in [4.69, 9.17) is 0 Å². The third-order valence-corrected chi connectivity index (χ3v) is 8.01. The molecule has 5 aromatic rings. The van der Waals surface area contributed by atoms with Crippen molar-refractivity contribution in [3.63, 3.8) is 0 Å². The Kier molecular flexibility index (Phi) is 4.37. The summed E-state index contributed by atoms with van der Waals surface area (Å²) in [4.78, 5) is 17.2. The molecule has 5 heterocycles. The van der Waals surface area contributed by atoms with Crippen LogP contribution in [0.4, 0.5) is 38.0 Å². The summed E-state index contributed by atoms with van der Waals surface area (Å²) in [5.74, 6) is -3.77. The monoisotopic (exact) mass is 642 g/mol. The maximum atomic E-state index is 14.5. The van der Waals surface area contributed by atoms with Crippen molar-refractivity contribution in [3.05, 3.63) is 93.3 Å². The van der Waals surface area contributed by atoms with Gasteiger partial charge in [0.1, 0.15) is 22.5 Å². The maximum absolute atomic E-state index is 14.5. The van der Waals surface area contributed by atoms with E-state index in [-0.39, 0.29) is 66.8 Å². The average molecular weight is 642 g/mol. The van der Waals surface area contributed by atoms with Crippen LogP contribution in [-0.2, 0) is 0 Å². The highest BCUT2D eigenvalue weighted by molar-refractivity contribution is 14.1. The summed E-state index contributed by atoms with van der Waals surface area (Å²) >= 11 is 2.03. The lowest BCUT2D eigenvalue weighted by molar-refractivity contribution is 0.508. The molecule has 0 amide bonds. The second-order valence-corrected chi connectivity index (χ2v) is 10.1. The zero-order chi connectivity index (χ0) is 26.9. The first-order valence-corrected chi connectivity index (χ1v) is 12.5. The Morgan fingerprint density at radius 2 is 1.10 bits per heavy atom. The Hall–Kier alpha value is -4.17. The molecule has 0 radical (unpaired) electrons. The molecule has 3 aromatic carbocycles. The molecule has 0 saturated heterocycles. The van der Waals surface area contributed by atoms with Crippen molar-refractivity contribution in [1.82, 2.24) is 8.96 Å². The molecule has 8 rings (SSSR count). The van der Waals surface area contributed by atoms with Crippen LogP contribution in [0.3, 0.4) is 0 Å². The van der Waals surface area contributed by atoms with Gasteiger partial charge in [0.2, 0.25) is 0 Å². The van der Waals surface area contributed by atoms with Gasteiger partial charge in [0, 0.05) is 38.5 Å². The van der Waals surface area contributed by atoms with Gasteiger partial charge in [-0.05, 0) is 36.4 Å².